The number of nitrogens with two attached hydrogens (primary N) is 1. The van der Waals surface area contributed by atoms with Crippen LogP contribution in [-0.4, -0.2) is 21.7 Å². The number of hydrogen-bond donors (Lipinski definition) is 2. The van der Waals surface area contributed by atoms with Crippen molar-refractivity contribution in [3.8, 4) is 0 Å². The molecule has 0 aliphatic rings. The van der Waals surface area contributed by atoms with Gasteiger partial charge in [0.25, 0.3) is 0 Å². The molecule has 0 amide bonds. The van der Waals surface area contributed by atoms with Gasteiger partial charge in [-0.25, -0.2) is 0 Å². The zero-order chi connectivity index (χ0) is 5.98. The molecule has 0 unspecified atom stereocenters. The van der Waals surface area contributed by atoms with Crippen LogP contribution >= 0.6 is 11.8 Å². The highest BCUT2D eigenvalue weighted by Gasteiger charge is 1.97. The molecule has 0 saturated heterocycles. The normalized spacial score (nSPS) is 9.62. The summed E-state index contributed by atoms with van der Waals surface area (Å²) in [7, 11) is 0. The zero-order valence-corrected chi connectivity index (χ0v) is 5.20. The van der Waals surface area contributed by atoms with Crippen LogP contribution in [0.2, 0.25) is 0 Å². The van der Waals surface area contributed by atoms with Crippen molar-refractivity contribution in [2.75, 3.05) is 12.0 Å². The number of anilines is 1. The van der Waals surface area contributed by atoms with Gasteiger partial charge in [0.1, 0.15) is 0 Å². The van der Waals surface area contributed by atoms with Crippen LogP contribution in [-0.2, 0) is 0 Å². The molecule has 0 aliphatic carbocycles. The highest BCUT2D eigenvalue weighted by atomic mass is 32.2. The SMILES string of the molecule is CSc1n[nH]nc1N. The zero-order valence-electron chi connectivity index (χ0n) is 4.38. The molecule has 0 spiro atoms. The van der Waals surface area contributed by atoms with Crippen LogP contribution in [0, 0.1) is 0 Å². The first-order valence-corrected chi connectivity index (χ1v) is 3.27. The minimum absolute atomic E-state index is 0.470. The third-order valence-electron chi connectivity index (χ3n) is 0.734. The molecule has 0 bridgehead atoms. The van der Waals surface area contributed by atoms with E-state index in [2.05, 4.69) is 15.4 Å². The Balaban J connectivity index is 2.92. The van der Waals surface area contributed by atoms with Crippen LogP contribution in [0.5, 0.6) is 0 Å². The lowest BCUT2D eigenvalue weighted by Crippen LogP contribution is -1.84. The van der Waals surface area contributed by atoms with Crippen molar-refractivity contribution in [3.05, 3.63) is 0 Å². The fraction of sp³-hybridized carbons (Fsp3) is 0.333. The van der Waals surface area contributed by atoms with E-state index in [0.29, 0.717) is 5.82 Å². The molecular formula is C3H6N4S. The first kappa shape index (κ1) is 5.43. The average Bonchev–Trinajstić information content (AvgIpc) is 2.14. The molecule has 1 heterocycles. The van der Waals surface area contributed by atoms with E-state index >= 15 is 0 Å². The summed E-state index contributed by atoms with van der Waals surface area (Å²) in [6, 6.07) is 0. The van der Waals surface area contributed by atoms with Crippen LogP contribution < -0.4 is 5.73 Å². The Labute approximate surface area is 50.8 Å². The maximum absolute atomic E-state index is 5.33. The molecule has 0 atom stereocenters. The van der Waals surface area contributed by atoms with Gasteiger partial charge in [0.15, 0.2) is 10.8 Å². The van der Waals surface area contributed by atoms with Gasteiger partial charge in [-0.15, -0.1) is 22.0 Å². The van der Waals surface area contributed by atoms with Crippen LogP contribution in [0.3, 0.4) is 0 Å². The van der Waals surface area contributed by atoms with Crippen LogP contribution in [0.15, 0.2) is 5.03 Å². The van der Waals surface area contributed by atoms with Gasteiger partial charge in [-0.3, -0.25) is 0 Å². The predicted octanol–water partition coefficient (Wildman–Crippen LogP) is 0.109. The van der Waals surface area contributed by atoms with E-state index < -0.39 is 0 Å². The molecule has 0 radical (unpaired) electrons. The summed E-state index contributed by atoms with van der Waals surface area (Å²) < 4.78 is 0. The molecule has 4 nitrogen and oxygen atoms in total. The number of nitrogen functional groups attached to an aromatic ring is 1. The van der Waals surface area contributed by atoms with E-state index in [0.717, 1.165) is 5.03 Å². The number of nitrogens with zero attached hydrogens (tertiary/aromatic N) is 2. The molecule has 1 rings (SSSR count). The molecule has 0 aromatic carbocycles. The summed E-state index contributed by atoms with van der Waals surface area (Å²) in [6.07, 6.45) is 1.90. The van der Waals surface area contributed by atoms with Crippen molar-refractivity contribution >= 4 is 17.6 Å². The molecule has 1 aromatic heterocycles. The lowest BCUT2D eigenvalue weighted by molar-refractivity contribution is 0.912. The summed E-state index contributed by atoms with van der Waals surface area (Å²) in [5, 5.41) is 10.5. The largest absolute Gasteiger partial charge is 0.380 e. The summed E-state index contributed by atoms with van der Waals surface area (Å²) in [5.41, 5.74) is 5.33. The van der Waals surface area contributed by atoms with Crippen LogP contribution in [0.1, 0.15) is 0 Å². The lowest BCUT2D eigenvalue weighted by atomic mass is 10.8. The Morgan fingerprint density at radius 2 is 2.38 bits per heavy atom. The van der Waals surface area contributed by atoms with Gasteiger partial charge in [-0.05, 0) is 6.26 Å². The minimum Gasteiger partial charge on any atom is -0.380 e. The average molecular weight is 130 g/mol. The number of nitrogens with one attached hydrogen (secondary N) is 1. The van der Waals surface area contributed by atoms with Crippen molar-refractivity contribution in [2.24, 2.45) is 0 Å². The number of thioether (sulfide) groups is 1. The maximum atomic E-state index is 5.33. The van der Waals surface area contributed by atoms with Gasteiger partial charge < -0.3 is 5.73 Å². The van der Waals surface area contributed by atoms with E-state index in [9.17, 15) is 0 Å². The number of hydrogen-bond acceptors (Lipinski definition) is 4. The first-order valence-electron chi connectivity index (χ1n) is 2.05. The smallest absolute Gasteiger partial charge is 0.179 e. The van der Waals surface area contributed by atoms with E-state index in [1.54, 1.807) is 0 Å². The highest BCUT2D eigenvalue weighted by molar-refractivity contribution is 7.98. The van der Waals surface area contributed by atoms with Gasteiger partial charge in [0, 0.05) is 0 Å². The molecular weight excluding hydrogens is 124 g/mol. The van der Waals surface area contributed by atoms with Crippen LogP contribution in [0.25, 0.3) is 0 Å². The van der Waals surface area contributed by atoms with E-state index in [1.165, 1.54) is 11.8 Å². The van der Waals surface area contributed by atoms with Gasteiger partial charge in [0.2, 0.25) is 0 Å². The van der Waals surface area contributed by atoms with Gasteiger partial charge >= 0.3 is 0 Å². The third kappa shape index (κ3) is 0.764. The van der Waals surface area contributed by atoms with Crippen molar-refractivity contribution in [3.63, 3.8) is 0 Å². The quantitative estimate of drug-likeness (QED) is 0.529. The van der Waals surface area contributed by atoms with Gasteiger partial charge in [-0.1, -0.05) is 0 Å². The summed E-state index contributed by atoms with van der Waals surface area (Å²) in [6.45, 7) is 0. The van der Waals surface area contributed by atoms with Crippen LogP contribution in [0.4, 0.5) is 5.82 Å². The predicted molar refractivity (Wildman–Crippen MR) is 32.6 cm³/mol. The second kappa shape index (κ2) is 2.04. The van der Waals surface area contributed by atoms with Gasteiger partial charge in [-0.2, -0.15) is 5.21 Å². The summed E-state index contributed by atoms with van der Waals surface area (Å²) in [4.78, 5) is 0. The molecule has 5 heteroatoms. The Morgan fingerprint density at radius 1 is 1.62 bits per heavy atom. The second-order valence-corrected chi connectivity index (χ2v) is 2.01. The molecule has 0 aliphatic heterocycles. The molecule has 0 fully saturated rings. The van der Waals surface area contributed by atoms with E-state index in [1.807, 2.05) is 6.26 Å². The molecule has 44 valence electrons. The number of aromatic amines is 1. The summed E-state index contributed by atoms with van der Waals surface area (Å²) >= 11 is 1.47. The van der Waals surface area contributed by atoms with E-state index in [4.69, 9.17) is 5.73 Å². The molecule has 1 aromatic rings. The summed E-state index contributed by atoms with van der Waals surface area (Å²) in [5.74, 6) is 0.470. The van der Waals surface area contributed by atoms with Crippen molar-refractivity contribution < 1.29 is 0 Å². The van der Waals surface area contributed by atoms with Gasteiger partial charge in [0.05, 0.1) is 0 Å². The minimum atomic E-state index is 0.470. The van der Waals surface area contributed by atoms with Crippen molar-refractivity contribution in [1.29, 1.82) is 0 Å². The van der Waals surface area contributed by atoms with E-state index in [-0.39, 0.29) is 0 Å². The van der Waals surface area contributed by atoms with Crippen molar-refractivity contribution in [1.82, 2.24) is 15.4 Å². The molecule has 3 N–H and O–H groups in total. The Hall–Kier alpha value is -0.710. The monoisotopic (exact) mass is 130 g/mol. The Bertz CT molecular complexity index is 172. The Morgan fingerprint density at radius 3 is 2.62 bits per heavy atom. The number of H-pyrrole nitrogens is 1. The maximum Gasteiger partial charge on any atom is 0.179 e. The third-order valence-corrected chi connectivity index (χ3v) is 1.42. The molecule has 0 saturated carbocycles. The fourth-order valence-corrected chi connectivity index (χ4v) is 0.766. The Kier molecular flexibility index (Phi) is 1.38. The standard InChI is InChI=1S/C3H6N4S/c1-8-3-2(4)5-7-6-3/h1H3,(H3,4,5,6,7). The second-order valence-electron chi connectivity index (χ2n) is 1.22. The first-order chi connectivity index (χ1) is 3.84. The lowest BCUT2D eigenvalue weighted by Gasteiger charge is -1.82. The number of rotatable bonds is 1. The highest BCUT2D eigenvalue weighted by Crippen LogP contribution is 2.14. The molecule has 8 heavy (non-hydrogen) atoms. The van der Waals surface area contributed by atoms with Crippen molar-refractivity contribution in [2.45, 2.75) is 5.03 Å². The fourth-order valence-electron chi connectivity index (χ4n) is 0.380. The number of aromatic nitrogens is 3. The topological polar surface area (TPSA) is 67.6 Å².